The summed E-state index contributed by atoms with van der Waals surface area (Å²) in [5.74, 6) is 0.576. The molecule has 3 aromatic rings. The molecule has 3 N–H and O–H groups in total. The van der Waals surface area contributed by atoms with Crippen molar-refractivity contribution < 1.29 is 9.84 Å². The molecule has 0 bridgehead atoms. The molecular formula is C18H17NO2. The Bertz CT molecular complexity index is 783. The maximum Gasteiger partial charge on any atom is 0.142 e. The van der Waals surface area contributed by atoms with E-state index in [1.54, 1.807) is 13.2 Å². The number of aliphatic hydroxyl groups excluding tert-OH is 1. The number of benzene rings is 3. The largest absolute Gasteiger partial charge is 0.495 e. The molecule has 1 unspecified atom stereocenters. The minimum atomic E-state index is -0.773. The van der Waals surface area contributed by atoms with Crippen molar-refractivity contribution in [1.29, 1.82) is 0 Å². The van der Waals surface area contributed by atoms with E-state index in [-0.39, 0.29) is 0 Å². The zero-order valence-corrected chi connectivity index (χ0v) is 11.8. The molecule has 0 aliphatic rings. The molecule has 0 saturated carbocycles. The molecule has 0 fully saturated rings. The number of nitrogens with two attached hydrogens (primary N) is 1. The van der Waals surface area contributed by atoms with Crippen LogP contribution in [-0.2, 0) is 0 Å². The molecule has 0 radical (unpaired) electrons. The normalized spacial score (nSPS) is 12.3. The molecule has 0 heterocycles. The Labute approximate surface area is 123 Å². The topological polar surface area (TPSA) is 55.5 Å². The average Bonchev–Trinajstić information content (AvgIpc) is 2.54. The molecule has 0 amide bonds. The van der Waals surface area contributed by atoms with Crippen LogP contribution in [0, 0.1) is 0 Å². The number of hydrogen-bond acceptors (Lipinski definition) is 3. The van der Waals surface area contributed by atoms with Crippen molar-refractivity contribution in [2.45, 2.75) is 6.10 Å². The molecule has 106 valence electrons. The highest BCUT2D eigenvalue weighted by Crippen LogP contribution is 2.33. The highest BCUT2D eigenvalue weighted by molar-refractivity contribution is 5.83. The van der Waals surface area contributed by atoms with Gasteiger partial charge in [0.25, 0.3) is 0 Å². The Balaban J connectivity index is 2.06. The molecule has 0 aromatic heterocycles. The Hall–Kier alpha value is -2.52. The van der Waals surface area contributed by atoms with E-state index in [1.165, 1.54) is 0 Å². The second-order valence-corrected chi connectivity index (χ2v) is 4.97. The first-order chi connectivity index (χ1) is 10.2. The van der Waals surface area contributed by atoms with E-state index in [1.807, 2.05) is 54.6 Å². The second kappa shape index (κ2) is 5.46. The van der Waals surface area contributed by atoms with Crippen LogP contribution in [0.25, 0.3) is 10.8 Å². The molecule has 0 spiro atoms. The van der Waals surface area contributed by atoms with Crippen LogP contribution in [0.15, 0.2) is 60.7 Å². The van der Waals surface area contributed by atoms with E-state index in [4.69, 9.17) is 10.5 Å². The van der Waals surface area contributed by atoms with Gasteiger partial charge in [-0.05, 0) is 28.5 Å². The SMILES string of the molecule is COc1cccc(C(O)c2ccc3ccccc3c2)c1N. The van der Waals surface area contributed by atoms with Gasteiger partial charge in [-0.3, -0.25) is 0 Å². The molecule has 0 aliphatic carbocycles. The lowest BCUT2D eigenvalue weighted by Gasteiger charge is -2.16. The zero-order chi connectivity index (χ0) is 14.8. The van der Waals surface area contributed by atoms with E-state index >= 15 is 0 Å². The summed E-state index contributed by atoms with van der Waals surface area (Å²) in [6.07, 6.45) is -0.773. The molecule has 3 nitrogen and oxygen atoms in total. The van der Waals surface area contributed by atoms with Gasteiger partial charge in [-0.2, -0.15) is 0 Å². The number of nitrogen functional groups attached to an aromatic ring is 1. The Morgan fingerprint density at radius 3 is 2.48 bits per heavy atom. The molecule has 0 saturated heterocycles. The van der Waals surface area contributed by atoms with E-state index in [9.17, 15) is 5.11 Å². The van der Waals surface area contributed by atoms with Crippen LogP contribution in [0.1, 0.15) is 17.2 Å². The van der Waals surface area contributed by atoms with Gasteiger partial charge in [0.05, 0.1) is 12.8 Å². The van der Waals surface area contributed by atoms with E-state index in [2.05, 4.69) is 0 Å². The first-order valence-electron chi connectivity index (χ1n) is 6.80. The summed E-state index contributed by atoms with van der Waals surface area (Å²) in [6, 6.07) is 19.4. The first-order valence-corrected chi connectivity index (χ1v) is 6.80. The smallest absolute Gasteiger partial charge is 0.142 e. The third kappa shape index (κ3) is 2.43. The Morgan fingerprint density at radius 2 is 1.71 bits per heavy atom. The molecule has 3 heteroatoms. The fourth-order valence-corrected chi connectivity index (χ4v) is 2.53. The lowest BCUT2D eigenvalue weighted by atomic mass is 9.97. The quantitative estimate of drug-likeness (QED) is 0.721. The summed E-state index contributed by atoms with van der Waals surface area (Å²) in [4.78, 5) is 0. The van der Waals surface area contributed by atoms with Crippen LogP contribution in [0.5, 0.6) is 5.75 Å². The fourth-order valence-electron chi connectivity index (χ4n) is 2.53. The summed E-state index contributed by atoms with van der Waals surface area (Å²) in [5.41, 5.74) is 8.00. The van der Waals surface area contributed by atoms with Crippen molar-refractivity contribution in [2.75, 3.05) is 12.8 Å². The maximum atomic E-state index is 10.6. The number of fused-ring (bicyclic) bond motifs is 1. The summed E-state index contributed by atoms with van der Waals surface area (Å²) in [6.45, 7) is 0. The van der Waals surface area contributed by atoms with E-state index in [0.717, 1.165) is 16.3 Å². The van der Waals surface area contributed by atoms with Gasteiger partial charge in [-0.25, -0.2) is 0 Å². The second-order valence-electron chi connectivity index (χ2n) is 4.97. The number of anilines is 1. The predicted molar refractivity (Wildman–Crippen MR) is 85.4 cm³/mol. The van der Waals surface area contributed by atoms with Crippen molar-refractivity contribution in [2.24, 2.45) is 0 Å². The van der Waals surface area contributed by atoms with Crippen LogP contribution in [0.3, 0.4) is 0 Å². The first kappa shape index (κ1) is 13.5. The molecule has 0 aliphatic heterocycles. The number of hydrogen-bond donors (Lipinski definition) is 2. The van der Waals surface area contributed by atoms with Gasteiger partial charge in [0.15, 0.2) is 0 Å². The zero-order valence-electron chi connectivity index (χ0n) is 11.8. The maximum absolute atomic E-state index is 10.6. The van der Waals surface area contributed by atoms with Gasteiger partial charge >= 0.3 is 0 Å². The van der Waals surface area contributed by atoms with Crippen LogP contribution < -0.4 is 10.5 Å². The third-order valence-corrected chi connectivity index (χ3v) is 3.70. The molecular weight excluding hydrogens is 262 g/mol. The van der Waals surface area contributed by atoms with Crippen molar-refractivity contribution in [3.8, 4) is 5.75 Å². The van der Waals surface area contributed by atoms with E-state index in [0.29, 0.717) is 17.0 Å². The number of aliphatic hydroxyl groups is 1. The van der Waals surface area contributed by atoms with Gasteiger partial charge in [0.2, 0.25) is 0 Å². The highest BCUT2D eigenvalue weighted by Gasteiger charge is 2.16. The van der Waals surface area contributed by atoms with Gasteiger partial charge in [-0.15, -0.1) is 0 Å². The van der Waals surface area contributed by atoms with Gasteiger partial charge in [0.1, 0.15) is 11.9 Å². The highest BCUT2D eigenvalue weighted by atomic mass is 16.5. The predicted octanol–water partition coefficient (Wildman–Crippen LogP) is 3.51. The van der Waals surface area contributed by atoms with Crippen molar-refractivity contribution in [1.82, 2.24) is 0 Å². The summed E-state index contributed by atoms with van der Waals surface area (Å²) in [5, 5.41) is 12.9. The Morgan fingerprint density at radius 1 is 0.952 bits per heavy atom. The van der Waals surface area contributed by atoms with Gasteiger partial charge in [0, 0.05) is 5.56 Å². The fraction of sp³-hybridized carbons (Fsp3) is 0.111. The molecule has 3 rings (SSSR count). The number of ether oxygens (including phenoxy) is 1. The Kier molecular flexibility index (Phi) is 3.50. The lowest BCUT2D eigenvalue weighted by Crippen LogP contribution is -2.05. The van der Waals surface area contributed by atoms with E-state index < -0.39 is 6.10 Å². The number of methoxy groups -OCH3 is 1. The average molecular weight is 279 g/mol. The lowest BCUT2D eigenvalue weighted by molar-refractivity contribution is 0.221. The molecule has 1 atom stereocenters. The van der Waals surface area contributed by atoms with Crippen LogP contribution in [0.4, 0.5) is 5.69 Å². The number of rotatable bonds is 3. The minimum absolute atomic E-state index is 0.473. The summed E-state index contributed by atoms with van der Waals surface area (Å²) < 4.78 is 5.21. The van der Waals surface area contributed by atoms with Crippen LogP contribution >= 0.6 is 0 Å². The van der Waals surface area contributed by atoms with Crippen molar-refractivity contribution >= 4 is 16.5 Å². The van der Waals surface area contributed by atoms with Crippen molar-refractivity contribution in [3.63, 3.8) is 0 Å². The molecule has 3 aromatic carbocycles. The van der Waals surface area contributed by atoms with Crippen molar-refractivity contribution in [3.05, 3.63) is 71.8 Å². The molecule has 21 heavy (non-hydrogen) atoms. The van der Waals surface area contributed by atoms with Gasteiger partial charge < -0.3 is 15.6 Å². The third-order valence-electron chi connectivity index (χ3n) is 3.70. The number of para-hydroxylation sites is 1. The van der Waals surface area contributed by atoms with Gasteiger partial charge in [-0.1, -0.05) is 48.5 Å². The standard InChI is InChI=1S/C18H17NO2/c1-21-16-8-4-7-15(17(16)19)18(20)14-10-9-12-5-2-3-6-13(12)11-14/h2-11,18,20H,19H2,1H3. The van der Waals surface area contributed by atoms with Crippen LogP contribution in [0.2, 0.25) is 0 Å². The summed E-state index contributed by atoms with van der Waals surface area (Å²) >= 11 is 0. The minimum Gasteiger partial charge on any atom is -0.495 e. The summed E-state index contributed by atoms with van der Waals surface area (Å²) in [7, 11) is 1.57. The van der Waals surface area contributed by atoms with Crippen LogP contribution in [-0.4, -0.2) is 12.2 Å². The monoisotopic (exact) mass is 279 g/mol.